The third-order valence-corrected chi connectivity index (χ3v) is 6.18. The lowest BCUT2D eigenvalue weighted by atomic mass is 9.83. The Morgan fingerprint density at radius 2 is 2.06 bits per heavy atom. The summed E-state index contributed by atoms with van der Waals surface area (Å²) in [4.78, 5) is 0. The molecule has 1 aliphatic heterocycles. The smallest absolute Gasteiger partial charge is 0.144 e. The number of phenolic OH excluding ortho intramolecular Hbond substituents is 1. The van der Waals surface area contributed by atoms with E-state index in [1.807, 2.05) is 6.92 Å². The van der Waals surface area contributed by atoms with Gasteiger partial charge in [-0.25, -0.2) is 0 Å². The molecule has 170 valence electrons. The Kier molecular flexibility index (Phi) is 9.23. The van der Waals surface area contributed by atoms with Crippen LogP contribution < -0.4 is 10.6 Å². The van der Waals surface area contributed by atoms with E-state index in [4.69, 9.17) is 9.47 Å². The van der Waals surface area contributed by atoms with Crippen LogP contribution >= 0.6 is 0 Å². The molecule has 0 radical (unpaired) electrons. The van der Waals surface area contributed by atoms with Gasteiger partial charge in [0.05, 0.1) is 18.4 Å². The highest BCUT2D eigenvalue weighted by molar-refractivity contribution is 5.77. The number of aromatic hydroxyl groups is 1. The third-order valence-electron chi connectivity index (χ3n) is 6.18. The van der Waals surface area contributed by atoms with E-state index >= 15 is 0 Å². The van der Waals surface area contributed by atoms with Gasteiger partial charge in [-0.15, -0.1) is 5.73 Å². The molecule has 3 N–H and O–H groups in total. The molecule has 1 aromatic carbocycles. The third kappa shape index (κ3) is 6.24. The molecular weight excluding hydrogens is 388 g/mol. The van der Waals surface area contributed by atoms with Crippen molar-refractivity contribution in [3.8, 4) is 5.75 Å². The van der Waals surface area contributed by atoms with E-state index in [1.54, 1.807) is 7.11 Å². The zero-order valence-electron chi connectivity index (χ0n) is 19.2. The Bertz CT molecular complexity index is 782. The Balaban J connectivity index is 1.93. The molecule has 3 rings (SSSR count). The molecule has 0 bridgehead atoms. The highest BCUT2D eigenvalue weighted by Gasteiger charge is 2.31. The summed E-state index contributed by atoms with van der Waals surface area (Å²) in [6.45, 7) is 6.24. The summed E-state index contributed by atoms with van der Waals surface area (Å²) in [6.07, 6.45) is 13.3. The van der Waals surface area contributed by atoms with E-state index in [2.05, 4.69) is 59.7 Å². The maximum absolute atomic E-state index is 11.3. The predicted molar refractivity (Wildman–Crippen MR) is 127 cm³/mol. The molecule has 1 aliphatic carbocycles. The van der Waals surface area contributed by atoms with Crippen molar-refractivity contribution >= 4 is 11.8 Å². The van der Waals surface area contributed by atoms with Gasteiger partial charge in [0.15, 0.2) is 0 Å². The van der Waals surface area contributed by atoms with E-state index in [9.17, 15) is 5.11 Å². The number of anilines is 1. The monoisotopic (exact) mass is 426 g/mol. The van der Waals surface area contributed by atoms with Crippen molar-refractivity contribution in [1.29, 1.82) is 0 Å². The maximum Gasteiger partial charge on any atom is 0.144 e. The Morgan fingerprint density at radius 3 is 2.77 bits per heavy atom. The van der Waals surface area contributed by atoms with Crippen LogP contribution in [0.15, 0.2) is 36.1 Å². The van der Waals surface area contributed by atoms with Gasteiger partial charge in [0.1, 0.15) is 5.75 Å². The molecule has 5 nitrogen and oxygen atoms in total. The lowest BCUT2D eigenvalue weighted by molar-refractivity contribution is -0.0136. The predicted octanol–water partition coefficient (Wildman–Crippen LogP) is 5.19. The van der Waals surface area contributed by atoms with Crippen LogP contribution in [0.1, 0.15) is 63.1 Å². The van der Waals surface area contributed by atoms with Gasteiger partial charge >= 0.3 is 0 Å². The first-order valence-corrected chi connectivity index (χ1v) is 11.7. The molecular formula is C26H38N2O3. The minimum atomic E-state index is 0.0302. The molecule has 0 amide bonds. The number of nitrogens with one attached hydrogen (secondary N) is 2. The molecule has 0 aromatic heterocycles. The fourth-order valence-corrected chi connectivity index (χ4v) is 4.75. The van der Waals surface area contributed by atoms with E-state index in [0.717, 1.165) is 55.5 Å². The topological polar surface area (TPSA) is 62.8 Å². The summed E-state index contributed by atoms with van der Waals surface area (Å²) < 4.78 is 11.4. The number of benzene rings is 1. The van der Waals surface area contributed by atoms with E-state index in [1.165, 1.54) is 0 Å². The maximum atomic E-state index is 11.3. The van der Waals surface area contributed by atoms with Crippen LogP contribution in [0.5, 0.6) is 5.75 Å². The molecule has 0 spiro atoms. The molecule has 0 fully saturated rings. The van der Waals surface area contributed by atoms with Crippen molar-refractivity contribution < 1.29 is 14.6 Å². The fourth-order valence-electron chi connectivity index (χ4n) is 4.75. The Labute approximate surface area is 187 Å². The second-order valence-electron chi connectivity index (χ2n) is 8.46. The molecule has 3 atom stereocenters. The Hall–Kier alpha value is -2.04. The van der Waals surface area contributed by atoms with Gasteiger partial charge < -0.3 is 25.2 Å². The van der Waals surface area contributed by atoms with Crippen LogP contribution in [-0.4, -0.2) is 44.1 Å². The standard InChI is InChI=1S/C26H38N2O3/c1-4-10-20(17-22(18-30-3)31-5-2)24(28-21-12-7-6-8-13-21)23-15-14-19-11-9-16-27-25(19)26(23)29/h7-9,11,14-15,20-22,24,27-29H,4-5,10,12-13,16-18H2,1-3H3. The largest absolute Gasteiger partial charge is 0.505 e. The van der Waals surface area contributed by atoms with Crippen molar-refractivity contribution in [3.63, 3.8) is 0 Å². The normalized spacial score (nSPS) is 18.4. The second-order valence-corrected chi connectivity index (χ2v) is 8.46. The van der Waals surface area contributed by atoms with Crippen LogP contribution in [-0.2, 0) is 9.47 Å². The van der Waals surface area contributed by atoms with Crippen LogP contribution in [0.3, 0.4) is 0 Å². The summed E-state index contributed by atoms with van der Waals surface area (Å²) in [6, 6.07) is 4.57. The van der Waals surface area contributed by atoms with Crippen LogP contribution in [0.25, 0.3) is 6.08 Å². The molecule has 2 aliphatic rings. The average molecular weight is 427 g/mol. The molecule has 5 heteroatoms. The first-order valence-electron chi connectivity index (χ1n) is 11.7. The number of ether oxygens (including phenoxy) is 2. The minimum Gasteiger partial charge on any atom is -0.505 e. The van der Waals surface area contributed by atoms with Crippen LogP contribution in [0.4, 0.5) is 5.69 Å². The number of fused-ring (bicyclic) bond motifs is 1. The molecule has 1 heterocycles. The quantitative estimate of drug-likeness (QED) is 0.317. The van der Waals surface area contributed by atoms with Gasteiger partial charge in [0.2, 0.25) is 0 Å². The highest BCUT2D eigenvalue weighted by Crippen LogP contribution is 2.42. The number of hydrogen-bond donors (Lipinski definition) is 3. The van der Waals surface area contributed by atoms with Gasteiger partial charge in [0.25, 0.3) is 0 Å². The Morgan fingerprint density at radius 1 is 1.26 bits per heavy atom. The van der Waals surface area contributed by atoms with Crippen molar-refractivity contribution in [2.45, 2.75) is 64.1 Å². The van der Waals surface area contributed by atoms with Crippen molar-refractivity contribution in [2.24, 2.45) is 5.92 Å². The summed E-state index contributed by atoms with van der Waals surface area (Å²) in [5, 5.41) is 18.5. The SMILES string of the molecule is CCCC(CC(COC)OCC)C(NC1CC=C=CC1)c1ccc2c(c1O)NCC=C2. The first kappa shape index (κ1) is 23.6. The van der Waals surface area contributed by atoms with Crippen LogP contribution in [0.2, 0.25) is 0 Å². The van der Waals surface area contributed by atoms with Crippen molar-refractivity contribution in [1.82, 2.24) is 5.32 Å². The van der Waals surface area contributed by atoms with E-state index < -0.39 is 0 Å². The molecule has 1 aromatic rings. The second kappa shape index (κ2) is 12.1. The van der Waals surface area contributed by atoms with Gasteiger partial charge in [-0.2, -0.15) is 0 Å². The number of methoxy groups -OCH3 is 1. The zero-order chi connectivity index (χ0) is 22.1. The fraction of sp³-hybridized carbons (Fsp3) is 0.577. The molecule has 31 heavy (non-hydrogen) atoms. The summed E-state index contributed by atoms with van der Waals surface area (Å²) >= 11 is 0. The molecule has 3 unspecified atom stereocenters. The summed E-state index contributed by atoms with van der Waals surface area (Å²) in [5.74, 6) is 0.678. The highest BCUT2D eigenvalue weighted by atomic mass is 16.5. The van der Waals surface area contributed by atoms with Gasteiger partial charge in [-0.3, -0.25) is 0 Å². The van der Waals surface area contributed by atoms with E-state index in [0.29, 0.717) is 30.9 Å². The lowest BCUT2D eigenvalue weighted by Gasteiger charge is -2.35. The zero-order valence-corrected chi connectivity index (χ0v) is 19.2. The number of rotatable bonds is 12. The lowest BCUT2D eigenvalue weighted by Crippen LogP contribution is -2.38. The number of hydrogen-bond acceptors (Lipinski definition) is 5. The minimum absolute atomic E-state index is 0.0302. The molecule has 0 saturated carbocycles. The summed E-state index contributed by atoms with van der Waals surface area (Å²) in [5.41, 5.74) is 6.04. The van der Waals surface area contributed by atoms with Gasteiger partial charge in [-0.1, -0.05) is 37.6 Å². The van der Waals surface area contributed by atoms with E-state index in [-0.39, 0.29) is 12.1 Å². The number of phenols is 1. The van der Waals surface area contributed by atoms with Crippen molar-refractivity contribution in [3.05, 3.63) is 47.2 Å². The average Bonchev–Trinajstić information content (AvgIpc) is 2.79. The van der Waals surface area contributed by atoms with Gasteiger partial charge in [0, 0.05) is 43.5 Å². The van der Waals surface area contributed by atoms with Crippen LogP contribution in [0, 0.1) is 5.92 Å². The van der Waals surface area contributed by atoms with Gasteiger partial charge in [-0.05, 0) is 50.7 Å². The summed E-state index contributed by atoms with van der Waals surface area (Å²) in [7, 11) is 1.73. The van der Waals surface area contributed by atoms with Crippen molar-refractivity contribution in [2.75, 3.05) is 32.2 Å². The molecule has 0 saturated heterocycles. The first-order chi connectivity index (χ1) is 15.2.